The number of para-hydroxylation sites is 4. The molecule has 1 atom stereocenters. The van der Waals surface area contributed by atoms with E-state index in [1.54, 1.807) is 0 Å². The Labute approximate surface area is 727 Å². The van der Waals surface area contributed by atoms with Gasteiger partial charge in [0.2, 0.25) is 0 Å². The zero-order valence-electron chi connectivity index (χ0n) is 69.4. The van der Waals surface area contributed by atoms with Gasteiger partial charge in [-0.25, -0.2) is 0 Å². The van der Waals surface area contributed by atoms with Crippen LogP contribution in [0.25, 0.3) is 100 Å². The van der Waals surface area contributed by atoms with Gasteiger partial charge in [0, 0.05) is 67.1 Å². The van der Waals surface area contributed by atoms with Crippen LogP contribution in [0.3, 0.4) is 0 Å². The minimum atomic E-state index is -0.531. The van der Waals surface area contributed by atoms with Crippen LogP contribution >= 0.6 is 0 Å². The molecular weight excluding hydrogens is 1500 g/mol. The lowest BCUT2D eigenvalue weighted by atomic mass is 9.67. The van der Waals surface area contributed by atoms with E-state index in [4.69, 9.17) is 0 Å². The molecule has 590 valence electrons. The molecule has 2 aliphatic carbocycles. The first-order valence-corrected chi connectivity index (χ1v) is 43.0. The second kappa shape index (κ2) is 32.2. The number of anilines is 10. The third kappa shape index (κ3) is 13.1. The van der Waals surface area contributed by atoms with Gasteiger partial charge in [-0.3, -0.25) is 0 Å². The summed E-state index contributed by atoms with van der Waals surface area (Å²) in [5, 5.41) is 5.02. The molecule has 0 bridgehead atoms. The SMILES string of the molecule is C=C/C(=C\C=C\c1ccccc1)N(c1ccc(-c2ccc3c4c(cccc24)N(c2ccccc2)c2ccccc2-3)cc1)c1ccc2c(c1)C(c1ccccc1)(c1ccccc1)c1ccccc1-2.C=CC(C/C=C/c1ccccc1)N(c1ccc(-c2ccc3c4c(cccc24)N(c2ccccc2)c2ccccc2-3)cc1)c1ccc2c(c1)C(C)(C)c1ccccc1-2. The number of nitrogens with zero attached hydrogens (tertiary/aromatic N) is 4. The lowest BCUT2D eigenvalue weighted by Crippen LogP contribution is -2.29. The topological polar surface area (TPSA) is 13.0 Å². The molecule has 18 aromatic carbocycles. The van der Waals surface area contributed by atoms with E-state index >= 15 is 0 Å². The maximum absolute atomic E-state index is 4.41. The molecule has 0 N–H and O–H groups in total. The zero-order chi connectivity index (χ0) is 83.2. The lowest BCUT2D eigenvalue weighted by Gasteiger charge is -2.35. The van der Waals surface area contributed by atoms with Crippen molar-refractivity contribution in [2.75, 3.05) is 19.6 Å². The Morgan fingerprint density at radius 1 is 0.323 bits per heavy atom. The summed E-state index contributed by atoms with van der Waals surface area (Å²) in [4.78, 5) is 9.64. The number of hydrogen-bond donors (Lipinski definition) is 0. The fraction of sp³-hybridized carbons (Fsp3) is 0.0500. The standard InChI is InChI=1S/C65H46N2.C55H44N2/c1-2-50(30-19-23-46-21-7-3-8-22-46)66(53-41-42-56-55-31-15-17-34-60(55)65(61(56)45-53,48-24-9-4-10-25-48)49-26-11-5-12-27-49)52-39-37-47(38-40-52)54-43-44-59-57-32-16-18-35-62(57)67(51-28-13-6-14-29-51)63-36-20-33-58(54)64(59)63;1-4-40(22-15-19-38-17-7-5-8-18-38)56(43-33-34-46-45-23-11-13-26-50(45)55(2,3)51(46)37-43)42-31-29-39(30-32-42)44-35-36-49-47-24-12-14-27-52(47)57(41-20-9-6-10-21-41)53-28-16-25-48(44)54(49)53/h2-45H,1H2;4-21,23-37,40H,1,22H2,2-3H3/b23-19+,50-30+;19-15+. The number of benzene rings is 18. The summed E-state index contributed by atoms with van der Waals surface area (Å²) in [6.07, 6.45) is 15.8. The summed E-state index contributed by atoms with van der Waals surface area (Å²) < 4.78 is 0. The predicted molar refractivity (Wildman–Crippen MR) is 526 cm³/mol. The largest absolute Gasteiger partial charge is 0.334 e. The van der Waals surface area contributed by atoms with E-state index < -0.39 is 5.41 Å². The highest BCUT2D eigenvalue weighted by Gasteiger charge is 2.47. The molecule has 0 saturated carbocycles. The quantitative estimate of drug-likeness (QED) is 0.0591. The summed E-state index contributed by atoms with van der Waals surface area (Å²) in [7, 11) is 0. The molecule has 2 heterocycles. The van der Waals surface area contributed by atoms with E-state index in [1.165, 1.54) is 150 Å². The van der Waals surface area contributed by atoms with Crippen molar-refractivity contribution in [1.29, 1.82) is 0 Å². The van der Waals surface area contributed by atoms with Crippen LogP contribution in [-0.4, -0.2) is 6.04 Å². The monoisotopic (exact) mass is 1590 g/mol. The van der Waals surface area contributed by atoms with Crippen molar-refractivity contribution in [3.05, 3.63) is 518 Å². The van der Waals surface area contributed by atoms with Crippen LogP contribution in [0.2, 0.25) is 0 Å². The normalized spacial score (nSPS) is 13.5. The van der Waals surface area contributed by atoms with Crippen LogP contribution in [0.1, 0.15) is 64.8 Å². The first-order valence-electron chi connectivity index (χ1n) is 43.0. The number of allylic oxidation sites excluding steroid dienone is 3. The van der Waals surface area contributed by atoms with Crippen LogP contribution in [-0.2, 0) is 10.8 Å². The molecule has 4 aliphatic rings. The average molecular weight is 1590 g/mol. The maximum atomic E-state index is 4.41. The van der Waals surface area contributed by atoms with E-state index in [1.807, 2.05) is 12.1 Å². The van der Waals surface area contributed by atoms with E-state index in [2.05, 4.69) is 502 Å². The van der Waals surface area contributed by atoms with Gasteiger partial charge in [-0.05, 0) is 227 Å². The van der Waals surface area contributed by atoms with Crippen molar-refractivity contribution in [3.8, 4) is 66.8 Å². The van der Waals surface area contributed by atoms with Crippen molar-refractivity contribution in [2.45, 2.75) is 37.1 Å². The minimum absolute atomic E-state index is 0.0327. The van der Waals surface area contributed by atoms with E-state index in [0.29, 0.717) is 0 Å². The fourth-order valence-electron chi connectivity index (χ4n) is 20.1. The van der Waals surface area contributed by atoms with Gasteiger partial charge in [0.05, 0.1) is 34.2 Å². The number of rotatable bonds is 19. The fourth-order valence-corrected chi connectivity index (χ4v) is 20.1. The smallest absolute Gasteiger partial charge is 0.0714 e. The first-order chi connectivity index (χ1) is 61.2. The average Bonchev–Trinajstić information content (AvgIpc) is 1.61. The molecule has 18 aromatic rings. The summed E-state index contributed by atoms with van der Waals surface area (Å²) in [6.45, 7) is 13.5. The summed E-state index contributed by atoms with van der Waals surface area (Å²) >= 11 is 0. The molecule has 2 aliphatic heterocycles. The van der Waals surface area contributed by atoms with Crippen LogP contribution in [0.4, 0.5) is 56.9 Å². The molecule has 0 radical (unpaired) electrons. The molecule has 4 nitrogen and oxygen atoms in total. The zero-order valence-corrected chi connectivity index (χ0v) is 69.4. The van der Waals surface area contributed by atoms with Gasteiger partial charge in [-0.1, -0.05) is 378 Å². The molecule has 0 saturated heterocycles. The van der Waals surface area contributed by atoms with Gasteiger partial charge in [0.1, 0.15) is 0 Å². The number of hydrogen-bond acceptors (Lipinski definition) is 4. The van der Waals surface area contributed by atoms with Gasteiger partial charge < -0.3 is 19.6 Å². The molecule has 0 aromatic heterocycles. The van der Waals surface area contributed by atoms with E-state index in [9.17, 15) is 0 Å². The second-order valence-electron chi connectivity index (χ2n) is 33.0. The molecule has 0 fully saturated rings. The molecule has 4 heteroatoms. The Morgan fingerprint density at radius 2 is 0.718 bits per heavy atom. The Morgan fingerprint density at radius 3 is 1.24 bits per heavy atom. The molecule has 0 amide bonds. The second-order valence-corrected chi connectivity index (χ2v) is 33.0. The van der Waals surface area contributed by atoms with Gasteiger partial charge in [-0.2, -0.15) is 0 Å². The van der Waals surface area contributed by atoms with Gasteiger partial charge >= 0.3 is 0 Å². The Bertz CT molecular complexity index is 7150. The summed E-state index contributed by atoms with van der Waals surface area (Å²) in [5.41, 5.74) is 36.9. The lowest BCUT2D eigenvalue weighted by molar-refractivity contribution is 0.659. The predicted octanol–water partition coefficient (Wildman–Crippen LogP) is 32.3. The van der Waals surface area contributed by atoms with Crippen molar-refractivity contribution in [2.24, 2.45) is 0 Å². The van der Waals surface area contributed by atoms with Crippen molar-refractivity contribution >= 4 is 90.6 Å². The van der Waals surface area contributed by atoms with Crippen LogP contribution in [0, 0.1) is 0 Å². The van der Waals surface area contributed by atoms with E-state index in [-0.39, 0.29) is 11.5 Å². The van der Waals surface area contributed by atoms with E-state index in [0.717, 1.165) is 51.7 Å². The highest BCUT2D eigenvalue weighted by Crippen LogP contribution is 2.60. The molecular formula is C120H90N4. The van der Waals surface area contributed by atoms with Gasteiger partial charge in [-0.15, -0.1) is 6.58 Å². The van der Waals surface area contributed by atoms with Crippen molar-refractivity contribution in [1.82, 2.24) is 0 Å². The van der Waals surface area contributed by atoms with Crippen LogP contribution in [0.5, 0.6) is 0 Å². The third-order valence-corrected chi connectivity index (χ3v) is 25.8. The van der Waals surface area contributed by atoms with Crippen molar-refractivity contribution in [3.63, 3.8) is 0 Å². The Kier molecular flexibility index (Phi) is 19.7. The van der Waals surface area contributed by atoms with Crippen molar-refractivity contribution < 1.29 is 0 Å². The molecule has 1 unspecified atom stereocenters. The van der Waals surface area contributed by atoms with Gasteiger partial charge in [0.25, 0.3) is 0 Å². The maximum Gasteiger partial charge on any atom is 0.0714 e. The first kappa shape index (κ1) is 75.8. The van der Waals surface area contributed by atoms with Crippen LogP contribution in [0.15, 0.2) is 474 Å². The van der Waals surface area contributed by atoms with Gasteiger partial charge in [0.15, 0.2) is 0 Å². The minimum Gasteiger partial charge on any atom is -0.334 e. The summed E-state index contributed by atoms with van der Waals surface area (Å²) in [6, 6.07) is 155. The Balaban J connectivity index is 0.000000154. The third-order valence-electron chi connectivity index (χ3n) is 25.8. The van der Waals surface area contributed by atoms with Crippen LogP contribution < -0.4 is 19.6 Å². The highest BCUT2D eigenvalue weighted by atomic mass is 15.2. The molecule has 124 heavy (non-hydrogen) atoms. The molecule has 22 rings (SSSR count). The molecule has 0 spiro atoms. The Hall–Kier alpha value is -15.6. The summed E-state index contributed by atoms with van der Waals surface area (Å²) in [5.74, 6) is 0. The highest BCUT2D eigenvalue weighted by molar-refractivity contribution is 6.19. The number of fused-ring (bicyclic) bond motifs is 10.